The van der Waals surface area contributed by atoms with Crippen molar-refractivity contribution in [2.45, 2.75) is 6.92 Å². The van der Waals surface area contributed by atoms with Crippen LogP contribution >= 0.6 is 15.9 Å². The molecule has 1 N–H and O–H groups in total. The Bertz CT molecular complexity index is 523. The third-order valence-corrected chi connectivity index (χ3v) is 3.65. The van der Waals surface area contributed by atoms with Gasteiger partial charge in [0.2, 0.25) is 0 Å². The predicted molar refractivity (Wildman–Crippen MR) is 70.5 cm³/mol. The standard InChI is InChI=1S/C12H14BrN3O/c1-9(6-13)7-14-12(17)10-8-15-16-5-3-2-4-11(10)16/h2-5,8-9H,6-7H2,1H3,(H,14,17). The van der Waals surface area contributed by atoms with Crippen molar-refractivity contribution in [1.82, 2.24) is 14.9 Å². The molecule has 0 aliphatic heterocycles. The molecular formula is C12H14BrN3O. The monoisotopic (exact) mass is 295 g/mol. The van der Waals surface area contributed by atoms with E-state index in [0.29, 0.717) is 18.0 Å². The van der Waals surface area contributed by atoms with Crippen LogP contribution < -0.4 is 5.32 Å². The number of fused-ring (bicyclic) bond motifs is 1. The fourth-order valence-electron chi connectivity index (χ4n) is 1.53. The molecule has 0 spiro atoms. The van der Waals surface area contributed by atoms with E-state index in [1.165, 1.54) is 0 Å². The molecule has 2 rings (SSSR count). The van der Waals surface area contributed by atoms with E-state index < -0.39 is 0 Å². The molecule has 0 aromatic carbocycles. The molecule has 0 fully saturated rings. The van der Waals surface area contributed by atoms with Gasteiger partial charge >= 0.3 is 0 Å². The Hall–Kier alpha value is -1.36. The van der Waals surface area contributed by atoms with Crippen LogP contribution in [0.2, 0.25) is 0 Å². The Morgan fingerprint density at radius 2 is 2.41 bits per heavy atom. The van der Waals surface area contributed by atoms with Crippen LogP contribution in [0.4, 0.5) is 0 Å². The molecule has 0 aliphatic carbocycles. The third kappa shape index (κ3) is 2.66. The van der Waals surface area contributed by atoms with Crippen LogP contribution in [-0.2, 0) is 0 Å². The first kappa shape index (κ1) is 12.1. The molecule has 1 unspecified atom stereocenters. The first-order valence-electron chi connectivity index (χ1n) is 5.49. The normalized spacial score (nSPS) is 12.6. The smallest absolute Gasteiger partial charge is 0.255 e. The Morgan fingerprint density at radius 1 is 1.59 bits per heavy atom. The molecule has 0 bridgehead atoms. The molecule has 5 heteroatoms. The van der Waals surface area contributed by atoms with Crippen LogP contribution in [0.15, 0.2) is 30.6 Å². The van der Waals surface area contributed by atoms with Crippen molar-refractivity contribution in [2.75, 3.05) is 11.9 Å². The minimum Gasteiger partial charge on any atom is -0.352 e. The summed E-state index contributed by atoms with van der Waals surface area (Å²) in [6, 6.07) is 5.67. The van der Waals surface area contributed by atoms with Gasteiger partial charge in [0, 0.05) is 18.1 Å². The molecule has 0 saturated heterocycles. The highest BCUT2D eigenvalue weighted by atomic mass is 79.9. The van der Waals surface area contributed by atoms with Crippen LogP contribution in [0.5, 0.6) is 0 Å². The number of aromatic nitrogens is 2. The number of hydrogen-bond donors (Lipinski definition) is 1. The summed E-state index contributed by atoms with van der Waals surface area (Å²) in [6.07, 6.45) is 3.43. The molecule has 0 aliphatic rings. The van der Waals surface area contributed by atoms with E-state index in [9.17, 15) is 4.79 Å². The molecule has 2 aromatic heterocycles. The van der Waals surface area contributed by atoms with Gasteiger partial charge in [0.15, 0.2) is 0 Å². The summed E-state index contributed by atoms with van der Waals surface area (Å²) in [5.74, 6) is 0.347. The molecule has 0 saturated carbocycles. The lowest BCUT2D eigenvalue weighted by Crippen LogP contribution is -2.28. The number of carbonyl (C=O) groups is 1. The summed E-state index contributed by atoms with van der Waals surface area (Å²) < 4.78 is 1.70. The second kappa shape index (κ2) is 5.31. The number of nitrogens with one attached hydrogen (secondary N) is 1. The van der Waals surface area contributed by atoms with Gasteiger partial charge < -0.3 is 5.32 Å². The van der Waals surface area contributed by atoms with Crippen molar-refractivity contribution in [3.63, 3.8) is 0 Å². The zero-order valence-electron chi connectivity index (χ0n) is 9.56. The van der Waals surface area contributed by atoms with Gasteiger partial charge in [-0.3, -0.25) is 4.79 Å². The second-order valence-corrected chi connectivity index (χ2v) is 4.71. The summed E-state index contributed by atoms with van der Waals surface area (Å²) in [5, 5.41) is 7.92. The highest BCUT2D eigenvalue weighted by Gasteiger charge is 2.12. The van der Waals surface area contributed by atoms with Crippen molar-refractivity contribution in [3.05, 3.63) is 36.2 Å². The molecule has 17 heavy (non-hydrogen) atoms. The first-order chi connectivity index (χ1) is 8.22. The minimum absolute atomic E-state index is 0.0704. The number of pyridine rings is 1. The Morgan fingerprint density at radius 3 is 3.18 bits per heavy atom. The van der Waals surface area contributed by atoms with Gasteiger partial charge in [-0.1, -0.05) is 28.9 Å². The number of halogens is 1. The van der Waals surface area contributed by atoms with Gasteiger partial charge in [0.25, 0.3) is 5.91 Å². The van der Waals surface area contributed by atoms with E-state index in [-0.39, 0.29) is 5.91 Å². The highest BCUT2D eigenvalue weighted by molar-refractivity contribution is 9.09. The van der Waals surface area contributed by atoms with E-state index in [2.05, 4.69) is 33.3 Å². The average molecular weight is 296 g/mol. The summed E-state index contributed by atoms with van der Waals surface area (Å²) >= 11 is 3.39. The van der Waals surface area contributed by atoms with Gasteiger partial charge in [-0.25, -0.2) is 4.52 Å². The zero-order chi connectivity index (χ0) is 12.3. The second-order valence-electron chi connectivity index (χ2n) is 4.06. The lowest BCUT2D eigenvalue weighted by Gasteiger charge is -2.08. The minimum atomic E-state index is -0.0704. The molecular weight excluding hydrogens is 282 g/mol. The molecule has 1 atom stereocenters. The quantitative estimate of drug-likeness (QED) is 0.878. The largest absolute Gasteiger partial charge is 0.352 e. The Balaban J connectivity index is 2.14. The van der Waals surface area contributed by atoms with Crippen LogP contribution in [0.3, 0.4) is 0 Å². The van der Waals surface area contributed by atoms with Crippen molar-refractivity contribution in [3.8, 4) is 0 Å². The van der Waals surface area contributed by atoms with Crippen LogP contribution in [-0.4, -0.2) is 27.4 Å². The highest BCUT2D eigenvalue weighted by Crippen LogP contribution is 2.09. The Kier molecular flexibility index (Phi) is 3.78. The maximum absolute atomic E-state index is 12.0. The van der Waals surface area contributed by atoms with Crippen molar-refractivity contribution in [1.29, 1.82) is 0 Å². The molecule has 4 nitrogen and oxygen atoms in total. The van der Waals surface area contributed by atoms with Crippen LogP contribution in [0, 0.1) is 5.92 Å². The van der Waals surface area contributed by atoms with Gasteiger partial charge in [0.05, 0.1) is 17.3 Å². The number of amides is 1. The lowest BCUT2D eigenvalue weighted by atomic mass is 10.2. The molecule has 2 aromatic rings. The fourth-order valence-corrected chi connectivity index (χ4v) is 1.76. The molecule has 2 heterocycles. The van der Waals surface area contributed by atoms with E-state index in [4.69, 9.17) is 0 Å². The number of hydrogen-bond acceptors (Lipinski definition) is 2. The zero-order valence-corrected chi connectivity index (χ0v) is 11.1. The summed E-state index contributed by atoms with van der Waals surface area (Å²) in [5.41, 5.74) is 1.45. The predicted octanol–water partition coefficient (Wildman–Crippen LogP) is 2.10. The number of carbonyl (C=O) groups excluding carboxylic acids is 1. The van der Waals surface area contributed by atoms with Crippen LogP contribution in [0.1, 0.15) is 17.3 Å². The summed E-state index contributed by atoms with van der Waals surface area (Å²) in [6.45, 7) is 2.74. The van der Waals surface area contributed by atoms with Gasteiger partial charge in [-0.15, -0.1) is 0 Å². The third-order valence-electron chi connectivity index (χ3n) is 2.55. The van der Waals surface area contributed by atoms with E-state index >= 15 is 0 Å². The number of nitrogens with zero attached hydrogens (tertiary/aromatic N) is 2. The van der Waals surface area contributed by atoms with Crippen molar-refractivity contribution >= 4 is 27.4 Å². The fraction of sp³-hybridized carbons (Fsp3) is 0.333. The lowest BCUT2D eigenvalue weighted by molar-refractivity contribution is 0.0951. The summed E-state index contributed by atoms with van der Waals surface area (Å²) in [4.78, 5) is 12.0. The molecule has 1 amide bonds. The molecule has 0 radical (unpaired) electrons. The number of rotatable bonds is 4. The SMILES string of the molecule is CC(CBr)CNC(=O)c1cnn2ccccc12. The van der Waals surface area contributed by atoms with E-state index in [0.717, 1.165) is 10.8 Å². The Labute approximate surface area is 108 Å². The van der Waals surface area contributed by atoms with Crippen molar-refractivity contribution in [2.24, 2.45) is 5.92 Å². The van der Waals surface area contributed by atoms with Gasteiger partial charge in [-0.2, -0.15) is 5.10 Å². The van der Waals surface area contributed by atoms with Gasteiger partial charge in [-0.05, 0) is 18.1 Å². The van der Waals surface area contributed by atoms with E-state index in [1.807, 2.05) is 24.4 Å². The average Bonchev–Trinajstić information content (AvgIpc) is 2.79. The first-order valence-corrected chi connectivity index (χ1v) is 6.61. The molecule has 90 valence electrons. The van der Waals surface area contributed by atoms with Gasteiger partial charge in [0.1, 0.15) is 0 Å². The van der Waals surface area contributed by atoms with Crippen molar-refractivity contribution < 1.29 is 4.79 Å². The maximum Gasteiger partial charge on any atom is 0.255 e. The maximum atomic E-state index is 12.0. The summed E-state index contributed by atoms with van der Waals surface area (Å²) in [7, 11) is 0. The number of alkyl halides is 1. The van der Waals surface area contributed by atoms with Crippen LogP contribution in [0.25, 0.3) is 5.52 Å². The van der Waals surface area contributed by atoms with E-state index in [1.54, 1.807) is 10.7 Å². The topological polar surface area (TPSA) is 46.4 Å².